The molecule has 2 aromatic rings. The average molecular weight is 429 g/mol. The zero-order valence-electron chi connectivity index (χ0n) is 17.2. The third kappa shape index (κ3) is 6.63. The van der Waals surface area contributed by atoms with Crippen molar-refractivity contribution in [1.29, 1.82) is 0 Å². The number of guanidine groups is 1. The van der Waals surface area contributed by atoms with Crippen molar-refractivity contribution in [3.63, 3.8) is 0 Å². The molecule has 0 saturated heterocycles. The van der Waals surface area contributed by atoms with Gasteiger partial charge in [0, 0.05) is 12.6 Å². The lowest BCUT2D eigenvalue weighted by atomic mass is 10.2. The second-order valence-corrected chi connectivity index (χ2v) is 5.84. The number of nitrogens with two attached hydrogens (primary N) is 1. The maximum atomic E-state index is 12.0. The predicted molar refractivity (Wildman–Crippen MR) is 114 cm³/mol. The molecule has 2 rings (SSSR count). The van der Waals surface area contributed by atoms with Gasteiger partial charge in [0.15, 0.2) is 0 Å². The fourth-order valence-electron chi connectivity index (χ4n) is 2.45. The molecular weight excluding hydrogens is 406 g/mol. The highest BCUT2D eigenvalue weighted by Gasteiger charge is 2.18. The van der Waals surface area contributed by atoms with Crippen molar-refractivity contribution < 1.29 is 28.6 Å². The van der Waals surface area contributed by atoms with Gasteiger partial charge in [0.25, 0.3) is 0 Å². The molecule has 11 heteroatoms. The molecule has 0 atom stereocenters. The highest BCUT2D eigenvalue weighted by Crippen LogP contribution is 2.34. The van der Waals surface area contributed by atoms with E-state index in [1.807, 2.05) is 18.2 Å². The molecule has 0 fully saturated rings. The Kier molecular flexibility index (Phi) is 8.20. The van der Waals surface area contributed by atoms with Gasteiger partial charge in [-0.2, -0.15) is 0 Å². The van der Waals surface area contributed by atoms with E-state index < -0.39 is 18.2 Å². The number of primary amides is 1. The normalized spacial score (nSPS) is 9.77. The van der Waals surface area contributed by atoms with Crippen LogP contribution in [0, 0.1) is 0 Å². The topological polar surface area (TPSA) is 145 Å². The number of hydrogen-bond acceptors (Lipinski definition) is 7. The molecule has 0 spiro atoms. The van der Waals surface area contributed by atoms with Crippen molar-refractivity contribution in [2.75, 3.05) is 25.7 Å². The number of amides is 4. The summed E-state index contributed by atoms with van der Waals surface area (Å²) in [7, 11) is 2.30. The number of nitrogens with one attached hydrogen (secondary N) is 2. The molecule has 4 amide bonds. The van der Waals surface area contributed by atoms with Gasteiger partial charge in [-0.05, 0) is 31.2 Å². The summed E-state index contributed by atoms with van der Waals surface area (Å²) >= 11 is 0. The Bertz CT molecular complexity index is 944. The van der Waals surface area contributed by atoms with Gasteiger partial charge >= 0.3 is 18.2 Å². The van der Waals surface area contributed by atoms with Crippen LogP contribution in [0.15, 0.2) is 53.5 Å². The number of hydrogen-bond donors (Lipinski definition) is 3. The van der Waals surface area contributed by atoms with Crippen LogP contribution < -0.4 is 26.0 Å². The van der Waals surface area contributed by atoms with Gasteiger partial charge in [0.2, 0.25) is 5.96 Å². The second-order valence-electron chi connectivity index (χ2n) is 5.84. The van der Waals surface area contributed by atoms with Gasteiger partial charge in [0.05, 0.1) is 25.6 Å². The number of benzene rings is 2. The summed E-state index contributed by atoms with van der Waals surface area (Å²) in [4.78, 5) is 40.7. The highest BCUT2D eigenvalue weighted by atomic mass is 16.5. The van der Waals surface area contributed by atoms with Crippen molar-refractivity contribution in [1.82, 2.24) is 10.6 Å². The summed E-state index contributed by atoms with van der Waals surface area (Å²) in [6.07, 6.45) is -1.74. The fourth-order valence-corrected chi connectivity index (χ4v) is 2.45. The molecule has 0 aliphatic heterocycles. The third-order valence-electron chi connectivity index (χ3n) is 3.84. The second kappa shape index (κ2) is 11.0. The summed E-state index contributed by atoms with van der Waals surface area (Å²) in [5.41, 5.74) is 6.01. The molecule has 164 valence electrons. The van der Waals surface area contributed by atoms with Gasteiger partial charge in [-0.15, -0.1) is 0 Å². The minimum Gasteiger partial charge on any atom is -0.457 e. The summed E-state index contributed by atoms with van der Waals surface area (Å²) in [6.45, 7) is 1.96. The minimum atomic E-state index is -0.872. The van der Waals surface area contributed by atoms with E-state index in [2.05, 4.69) is 25.1 Å². The number of anilines is 1. The van der Waals surface area contributed by atoms with Gasteiger partial charge in [-0.1, -0.05) is 18.2 Å². The standard InChI is InChI=1S/C20H23N5O6/c1-4-25(17(21)26)16-12-14(31-13-8-6-5-7-9-13)10-11-15(16)22-18(23-19(27)29-2)24-20(28)30-3/h5-12H,4H2,1-3H3,(H2,21,26)(H2,22,23,24,27,28). The van der Waals surface area contributed by atoms with E-state index in [9.17, 15) is 14.4 Å². The maximum Gasteiger partial charge on any atom is 0.413 e. The van der Waals surface area contributed by atoms with Gasteiger partial charge in [-0.3, -0.25) is 15.5 Å². The first-order valence-corrected chi connectivity index (χ1v) is 9.10. The van der Waals surface area contributed by atoms with Crippen LogP contribution >= 0.6 is 0 Å². The number of ether oxygens (including phenoxy) is 3. The van der Waals surface area contributed by atoms with E-state index in [0.717, 1.165) is 14.2 Å². The molecule has 31 heavy (non-hydrogen) atoms. The van der Waals surface area contributed by atoms with Crippen LogP contribution in [0.2, 0.25) is 0 Å². The van der Waals surface area contributed by atoms with Crippen molar-refractivity contribution in [2.45, 2.75) is 6.92 Å². The summed E-state index contributed by atoms with van der Waals surface area (Å²) < 4.78 is 14.9. The first-order chi connectivity index (χ1) is 14.9. The number of rotatable bonds is 5. The maximum absolute atomic E-state index is 12.0. The third-order valence-corrected chi connectivity index (χ3v) is 3.84. The van der Waals surface area contributed by atoms with E-state index in [4.69, 9.17) is 10.5 Å². The van der Waals surface area contributed by atoms with Crippen LogP contribution in [0.4, 0.5) is 25.8 Å². The Morgan fingerprint density at radius 3 is 2.10 bits per heavy atom. The molecular formula is C20H23N5O6. The first-order valence-electron chi connectivity index (χ1n) is 9.10. The van der Waals surface area contributed by atoms with Gasteiger partial charge < -0.3 is 19.9 Å². The average Bonchev–Trinajstić information content (AvgIpc) is 2.76. The quantitative estimate of drug-likeness (QED) is 0.492. The van der Waals surface area contributed by atoms with Crippen molar-refractivity contribution in [3.8, 4) is 11.5 Å². The number of carbonyl (C=O) groups excluding carboxylic acids is 3. The van der Waals surface area contributed by atoms with Crippen LogP contribution in [-0.2, 0) is 9.47 Å². The van der Waals surface area contributed by atoms with Crippen molar-refractivity contribution in [3.05, 3.63) is 48.5 Å². The number of alkyl carbamates (subject to hydrolysis) is 2. The van der Waals surface area contributed by atoms with Crippen LogP contribution in [0.25, 0.3) is 0 Å². The molecule has 0 unspecified atom stereocenters. The molecule has 4 N–H and O–H groups in total. The predicted octanol–water partition coefficient (Wildman–Crippen LogP) is 3.08. The lowest BCUT2D eigenvalue weighted by Crippen LogP contribution is -2.43. The van der Waals surface area contributed by atoms with E-state index in [1.54, 1.807) is 31.2 Å². The van der Waals surface area contributed by atoms with Gasteiger partial charge in [0.1, 0.15) is 11.5 Å². The van der Waals surface area contributed by atoms with E-state index in [0.29, 0.717) is 17.2 Å². The largest absolute Gasteiger partial charge is 0.457 e. The summed E-state index contributed by atoms with van der Waals surface area (Å²) in [6, 6.07) is 13.0. The molecule has 0 saturated carbocycles. The molecule has 0 bridgehead atoms. The number of para-hydroxylation sites is 1. The Morgan fingerprint density at radius 1 is 0.968 bits per heavy atom. The van der Waals surface area contributed by atoms with Crippen LogP contribution in [-0.4, -0.2) is 44.9 Å². The minimum absolute atomic E-state index is 0.212. The van der Waals surface area contributed by atoms with E-state index >= 15 is 0 Å². The molecule has 0 radical (unpaired) electrons. The fraction of sp³-hybridized carbons (Fsp3) is 0.200. The smallest absolute Gasteiger partial charge is 0.413 e. The SMILES string of the molecule is CCN(C(N)=O)c1cc(Oc2ccccc2)ccc1N=C(NC(=O)OC)NC(=O)OC. The molecule has 0 heterocycles. The number of nitrogens with zero attached hydrogens (tertiary/aromatic N) is 2. The zero-order valence-corrected chi connectivity index (χ0v) is 17.2. The highest BCUT2D eigenvalue weighted by molar-refractivity contribution is 6.03. The molecule has 11 nitrogen and oxygen atoms in total. The monoisotopic (exact) mass is 429 g/mol. The number of aliphatic imine (C=N–C) groups is 1. The molecule has 0 aromatic heterocycles. The lowest BCUT2D eigenvalue weighted by molar-refractivity contribution is 0.173. The lowest BCUT2D eigenvalue weighted by Gasteiger charge is -2.21. The Labute approximate surface area is 178 Å². The number of urea groups is 1. The summed E-state index contributed by atoms with van der Waals surface area (Å²) in [5, 5.41) is 4.52. The first kappa shape index (κ1) is 23.0. The van der Waals surface area contributed by atoms with E-state index in [1.165, 1.54) is 11.0 Å². The Balaban J connectivity index is 2.51. The van der Waals surface area contributed by atoms with E-state index in [-0.39, 0.29) is 18.2 Å². The Morgan fingerprint density at radius 2 is 1.58 bits per heavy atom. The van der Waals surface area contributed by atoms with Crippen LogP contribution in [0.5, 0.6) is 11.5 Å². The zero-order chi connectivity index (χ0) is 22.8. The van der Waals surface area contributed by atoms with Gasteiger partial charge in [-0.25, -0.2) is 19.4 Å². The number of carbonyl (C=O) groups is 3. The van der Waals surface area contributed by atoms with Crippen LogP contribution in [0.1, 0.15) is 6.92 Å². The Hall–Kier alpha value is -4.28. The molecule has 2 aromatic carbocycles. The number of methoxy groups -OCH3 is 2. The molecule has 0 aliphatic carbocycles. The molecule has 0 aliphatic rings. The van der Waals surface area contributed by atoms with Crippen LogP contribution in [0.3, 0.4) is 0 Å². The van der Waals surface area contributed by atoms with Crippen molar-refractivity contribution in [2.24, 2.45) is 10.7 Å². The summed E-state index contributed by atoms with van der Waals surface area (Å²) in [5.74, 6) is 0.729. The van der Waals surface area contributed by atoms with Crippen molar-refractivity contribution >= 4 is 35.6 Å².